The van der Waals surface area contributed by atoms with Crippen LogP contribution in [0.1, 0.15) is 11.1 Å². The first-order valence-electron chi connectivity index (χ1n) is 8.75. The van der Waals surface area contributed by atoms with Crippen LogP contribution in [0.4, 0.5) is 10.1 Å². The predicted molar refractivity (Wildman–Crippen MR) is 103 cm³/mol. The summed E-state index contributed by atoms with van der Waals surface area (Å²) in [6.07, 6.45) is 0. The molecule has 6 heteroatoms. The minimum atomic E-state index is -0.419. The number of benzene rings is 2. The number of hydrogen-bond acceptors (Lipinski definition) is 3. The third kappa shape index (κ3) is 5.04. The van der Waals surface area contributed by atoms with E-state index in [1.54, 1.807) is 0 Å². The molecule has 26 heavy (non-hydrogen) atoms. The van der Waals surface area contributed by atoms with Crippen molar-refractivity contribution >= 4 is 23.2 Å². The molecule has 1 saturated heterocycles. The van der Waals surface area contributed by atoms with Gasteiger partial charge in [-0.15, -0.1) is 0 Å². The highest BCUT2D eigenvalue weighted by Crippen LogP contribution is 2.22. The molecule has 0 spiro atoms. The first-order chi connectivity index (χ1) is 12.5. The molecule has 1 fully saturated rings. The molecular weight excluding hydrogens is 353 g/mol. The summed E-state index contributed by atoms with van der Waals surface area (Å²) >= 11 is 5.95. The largest absolute Gasteiger partial charge is 0.324 e. The van der Waals surface area contributed by atoms with Gasteiger partial charge in [-0.2, -0.15) is 0 Å². The van der Waals surface area contributed by atoms with Crippen LogP contribution in [0.25, 0.3) is 0 Å². The first-order valence-corrected chi connectivity index (χ1v) is 9.13. The van der Waals surface area contributed by atoms with Crippen molar-refractivity contribution in [1.29, 1.82) is 0 Å². The molecule has 1 aliphatic rings. The number of piperazine rings is 1. The molecule has 2 aromatic carbocycles. The van der Waals surface area contributed by atoms with E-state index in [9.17, 15) is 9.18 Å². The molecule has 0 saturated carbocycles. The van der Waals surface area contributed by atoms with E-state index in [-0.39, 0.29) is 10.9 Å². The molecule has 138 valence electrons. The SMILES string of the molecule is Cc1ccccc1CN1CCN(CC(=O)Nc2ccc(F)cc2Cl)CC1. The van der Waals surface area contributed by atoms with Gasteiger partial charge >= 0.3 is 0 Å². The van der Waals surface area contributed by atoms with Gasteiger partial charge in [-0.1, -0.05) is 35.9 Å². The number of rotatable bonds is 5. The lowest BCUT2D eigenvalue weighted by molar-refractivity contribution is -0.117. The lowest BCUT2D eigenvalue weighted by Gasteiger charge is -2.34. The van der Waals surface area contributed by atoms with Crippen LogP contribution >= 0.6 is 11.6 Å². The maximum Gasteiger partial charge on any atom is 0.238 e. The normalized spacial score (nSPS) is 15.8. The van der Waals surface area contributed by atoms with Gasteiger partial charge < -0.3 is 5.32 Å². The lowest BCUT2D eigenvalue weighted by Crippen LogP contribution is -2.48. The minimum absolute atomic E-state index is 0.133. The molecule has 2 aromatic rings. The maximum atomic E-state index is 13.1. The van der Waals surface area contributed by atoms with E-state index in [4.69, 9.17) is 11.6 Å². The van der Waals surface area contributed by atoms with E-state index in [0.29, 0.717) is 12.2 Å². The summed E-state index contributed by atoms with van der Waals surface area (Å²) < 4.78 is 13.1. The van der Waals surface area contributed by atoms with E-state index in [0.717, 1.165) is 32.7 Å². The van der Waals surface area contributed by atoms with Crippen molar-refractivity contribution in [2.45, 2.75) is 13.5 Å². The first kappa shape index (κ1) is 18.8. The minimum Gasteiger partial charge on any atom is -0.324 e. The van der Waals surface area contributed by atoms with Gasteiger partial charge in [0.05, 0.1) is 17.3 Å². The molecule has 0 unspecified atom stereocenters. The number of hydrogen-bond donors (Lipinski definition) is 1. The second-order valence-corrected chi connectivity index (χ2v) is 7.06. The third-order valence-corrected chi connectivity index (χ3v) is 5.01. The van der Waals surface area contributed by atoms with Gasteiger partial charge in [0.1, 0.15) is 5.82 Å². The Kier molecular flexibility index (Phi) is 6.25. The standard InChI is InChI=1S/C20H23ClFN3O/c1-15-4-2-3-5-16(15)13-24-8-10-25(11-9-24)14-20(26)23-19-7-6-17(22)12-18(19)21/h2-7,12H,8-11,13-14H2,1H3,(H,23,26). The maximum absolute atomic E-state index is 13.1. The Bertz CT molecular complexity index is 775. The number of carbonyl (C=O) groups excluding carboxylic acids is 1. The van der Waals surface area contributed by atoms with Crippen molar-refractivity contribution in [1.82, 2.24) is 9.80 Å². The Hall–Kier alpha value is -1.95. The third-order valence-electron chi connectivity index (χ3n) is 4.69. The van der Waals surface area contributed by atoms with Crippen molar-refractivity contribution in [3.63, 3.8) is 0 Å². The summed E-state index contributed by atoms with van der Waals surface area (Å²) in [6.45, 7) is 6.94. The molecule has 0 radical (unpaired) electrons. The van der Waals surface area contributed by atoms with Crippen molar-refractivity contribution in [3.05, 3.63) is 64.4 Å². The highest BCUT2D eigenvalue weighted by Gasteiger charge is 2.19. The Morgan fingerprint density at radius 3 is 2.50 bits per heavy atom. The summed E-state index contributed by atoms with van der Waals surface area (Å²) in [5, 5.41) is 2.96. The molecule has 1 amide bonds. The van der Waals surface area contributed by atoms with E-state index >= 15 is 0 Å². The molecule has 3 rings (SSSR count). The number of nitrogens with one attached hydrogen (secondary N) is 1. The van der Waals surface area contributed by atoms with Crippen LogP contribution in [0.15, 0.2) is 42.5 Å². The van der Waals surface area contributed by atoms with E-state index < -0.39 is 5.82 Å². The number of anilines is 1. The van der Waals surface area contributed by atoms with Crippen molar-refractivity contribution < 1.29 is 9.18 Å². The lowest BCUT2D eigenvalue weighted by atomic mass is 10.1. The molecule has 1 N–H and O–H groups in total. The van der Waals surface area contributed by atoms with E-state index in [1.807, 2.05) is 0 Å². The van der Waals surface area contributed by atoms with Crippen LogP contribution < -0.4 is 5.32 Å². The summed E-state index contributed by atoms with van der Waals surface area (Å²) in [4.78, 5) is 16.8. The monoisotopic (exact) mass is 375 g/mol. The predicted octanol–water partition coefficient (Wildman–Crippen LogP) is 3.54. The fourth-order valence-corrected chi connectivity index (χ4v) is 3.33. The zero-order chi connectivity index (χ0) is 18.5. The Morgan fingerprint density at radius 1 is 1.12 bits per heavy atom. The topological polar surface area (TPSA) is 35.6 Å². The molecule has 1 aliphatic heterocycles. The molecule has 0 aromatic heterocycles. The van der Waals surface area contributed by atoms with Crippen LogP contribution in [0.3, 0.4) is 0 Å². The molecule has 1 heterocycles. The van der Waals surface area contributed by atoms with Gasteiger partial charge in [-0.05, 0) is 36.2 Å². The number of aryl methyl sites for hydroxylation is 1. The van der Waals surface area contributed by atoms with Crippen LogP contribution in [-0.4, -0.2) is 48.4 Å². The Labute approximate surface area is 158 Å². The molecule has 0 bridgehead atoms. The smallest absolute Gasteiger partial charge is 0.238 e. The van der Waals surface area contributed by atoms with E-state index in [2.05, 4.69) is 46.3 Å². The molecular formula is C20H23ClFN3O. The second-order valence-electron chi connectivity index (χ2n) is 6.65. The second kappa shape index (κ2) is 8.62. The Balaban J connectivity index is 1.46. The zero-order valence-corrected chi connectivity index (χ0v) is 15.6. The van der Waals surface area contributed by atoms with Gasteiger partial charge in [-0.25, -0.2) is 4.39 Å². The molecule has 4 nitrogen and oxygen atoms in total. The van der Waals surface area contributed by atoms with Gasteiger partial charge in [0, 0.05) is 32.7 Å². The van der Waals surface area contributed by atoms with Gasteiger partial charge in [-0.3, -0.25) is 14.6 Å². The van der Waals surface area contributed by atoms with Crippen molar-refractivity contribution in [2.75, 3.05) is 38.0 Å². The average Bonchev–Trinajstić information content (AvgIpc) is 2.61. The Morgan fingerprint density at radius 2 is 1.81 bits per heavy atom. The average molecular weight is 376 g/mol. The highest BCUT2D eigenvalue weighted by molar-refractivity contribution is 6.33. The fraction of sp³-hybridized carbons (Fsp3) is 0.350. The van der Waals surface area contributed by atoms with Crippen molar-refractivity contribution in [2.24, 2.45) is 0 Å². The van der Waals surface area contributed by atoms with Crippen LogP contribution in [-0.2, 0) is 11.3 Å². The summed E-state index contributed by atoms with van der Waals surface area (Å²) in [5.74, 6) is -0.552. The van der Waals surface area contributed by atoms with Gasteiger partial charge in [0.2, 0.25) is 5.91 Å². The summed E-state index contributed by atoms with van der Waals surface area (Å²) in [6, 6.07) is 12.4. The summed E-state index contributed by atoms with van der Waals surface area (Å²) in [7, 11) is 0. The highest BCUT2D eigenvalue weighted by atomic mass is 35.5. The molecule has 0 atom stereocenters. The number of nitrogens with zero attached hydrogens (tertiary/aromatic N) is 2. The quantitative estimate of drug-likeness (QED) is 0.868. The molecule has 0 aliphatic carbocycles. The van der Waals surface area contributed by atoms with Crippen LogP contribution in [0.2, 0.25) is 5.02 Å². The number of halogens is 2. The number of carbonyl (C=O) groups is 1. The van der Waals surface area contributed by atoms with Crippen molar-refractivity contribution in [3.8, 4) is 0 Å². The van der Waals surface area contributed by atoms with Gasteiger partial charge in [0.25, 0.3) is 0 Å². The number of amides is 1. The fourth-order valence-electron chi connectivity index (χ4n) is 3.12. The summed E-state index contributed by atoms with van der Waals surface area (Å²) in [5.41, 5.74) is 3.10. The van der Waals surface area contributed by atoms with Crippen LogP contribution in [0, 0.1) is 12.7 Å². The van der Waals surface area contributed by atoms with Gasteiger partial charge in [0.15, 0.2) is 0 Å². The van der Waals surface area contributed by atoms with Crippen LogP contribution in [0.5, 0.6) is 0 Å². The zero-order valence-electron chi connectivity index (χ0n) is 14.8. The van der Waals surface area contributed by atoms with E-state index in [1.165, 1.54) is 29.3 Å².